The molecule has 0 aromatic rings. The number of ether oxygens (including phenoxy) is 4. The molecule has 0 aliphatic carbocycles. The van der Waals surface area contributed by atoms with E-state index in [4.69, 9.17) is 37.0 Å². The van der Waals surface area contributed by atoms with Gasteiger partial charge in [-0.25, -0.2) is 9.13 Å². The molecule has 0 bridgehead atoms. The number of phosphoric ester groups is 2. The Bertz CT molecular complexity index is 1790. The summed E-state index contributed by atoms with van der Waals surface area (Å²) in [6.07, 6.45) is 51.2. The molecule has 0 aromatic carbocycles. The van der Waals surface area contributed by atoms with Gasteiger partial charge in [0.1, 0.15) is 19.3 Å². The third kappa shape index (κ3) is 65.4. The average Bonchev–Trinajstić information content (AvgIpc) is 2.82. The largest absolute Gasteiger partial charge is 0.472 e. The fourth-order valence-corrected chi connectivity index (χ4v) is 12.7. The van der Waals surface area contributed by atoms with E-state index in [9.17, 15) is 43.2 Å². The van der Waals surface area contributed by atoms with Crippen molar-refractivity contribution in [3.63, 3.8) is 0 Å². The molecule has 0 heterocycles. The molecular formula is C73H142O17P2. The van der Waals surface area contributed by atoms with Crippen LogP contribution in [0.5, 0.6) is 0 Å². The van der Waals surface area contributed by atoms with Crippen molar-refractivity contribution in [2.45, 2.75) is 394 Å². The minimum absolute atomic E-state index is 0.107. The number of carbonyl (C=O) groups excluding carboxylic acids is 4. The van der Waals surface area contributed by atoms with Crippen LogP contribution >= 0.6 is 15.6 Å². The number of hydrogen-bond donors (Lipinski definition) is 3. The Morgan fingerprint density at radius 1 is 0.315 bits per heavy atom. The first-order valence-corrected chi connectivity index (χ1v) is 41.0. The van der Waals surface area contributed by atoms with E-state index in [2.05, 4.69) is 41.5 Å². The zero-order valence-electron chi connectivity index (χ0n) is 59.9. The van der Waals surface area contributed by atoms with Crippen molar-refractivity contribution in [3.8, 4) is 0 Å². The van der Waals surface area contributed by atoms with Gasteiger partial charge in [-0.3, -0.25) is 37.3 Å². The van der Waals surface area contributed by atoms with Crippen LogP contribution in [0.4, 0.5) is 0 Å². The monoisotopic (exact) mass is 1350 g/mol. The van der Waals surface area contributed by atoms with Gasteiger partial charge in [0, 0.05) is 25.7 Å². The second-order valence-electron chi connectivity index (χ2n) is 27.1. The van der Waals surface area contributed by atoms with Gasteiger partial charge in [0.05, 0.1) is 26.4 Å². The van der Waals surface area contributed by atoms with Crippen LogP contribution in [0.15, 0.2) is 0 Å². The van der Waals surface area contributed by atoms with E-state index in [-0.39, 0.29) is 25.7 Å². The summed E-state index contributed by atoms with van der Waals surface area (Å²) in [5, 5.41) is 10.6. The van der Waals surface area contributed by atoms with Gasteiger partial charge in [0.15, 0.2) is 12.2 Å². The highest BCUT2D eigenvalue weighted by molar-refractivity contribution is 7.47. The molecule has 0 aromatic heterocycles. The van der Waals surface area contributed by atoms with E-state index in [0.29, 0.717) is 25.7 Å². The van der Waals surface area contributed by atoms with E-state index in [1.54, 1.807) is 0 Å². The van der Waals surface area contributed by atoms with Gasteiger partial charge in [-0.05, 0) is 37.5 Å². The molecule has 6 atom stereocenters. The summed E-state index contributed by atoms with van der Waals surface area (Å²) < 4.78 is 68.4. The number of carbonyl (C=O) groups is 4. The third-order valence-electron chi connectivity index (χ3n) is 17.3. The van der Waals surface area contributed by atoms with Crippen LogP contribution in [0.1, 0.15) is 375 Å². The van der Waals surface area contributed by atoms with Crippen LogP contribution in [0, 0.1) is 11.8 Å². The lowest BCUT2D eigenvalue weighted by Crippen LogP contribution is -2.30. The first kappa shape index (κ1) is 90.1. The van der Waals surface area contributed by atoms with Gasteiger partial charge in [-0.15, -0.1) is 0 Å². The second kappa shape index (κ2) is 65.0. The molecule has 92 heavy (non-hydrogen) atoms. The molecule has 0 saturated carbocycles. The predicted octanol–water partition coefficient (Wildman–Crippen LogP) is 21.2. The second-order valence-corrected chi connectivity index (χ2v) is 30.0. The Labute approximate surface area is 562 Å². The molecule has 0 saturated heterocycles. The minimum Gasteiger partial charge on any atom is -0.462 e. The van der Waals surface area contributed by atoms with Crippen molar-refractivity contribution in [3.05, 3.63) is 0 Å². The van der Waals surface area contributed by atoms with E-state index in [0.717, 1.165) is 108 Å². The van der Waals surface area contributed by atoms with Crippen LogP contribution < -0.4 is 0 Å². The van der Waals surface area contributed by atoms with Crippen molar-refractivity contribution >= 4 is 39.5 Å². The van der Waals surface area contributed by atoms with Gasteiger partial charge in [0.2, 0.25) is 0 Å². The molecule has 546 valence electrons. The highest BCUT2D eigenvalue weighted by atomic mass is 31.2. The Morgan fingerprint density at radius 2 is 0.554 bits per heavy atom. The van der Waals surface area contributed by atoms with Crippen LogP contribution in [0.2, 0.25) is 0 Å². The first-order chi connectivity index (χ1) is 44.4. The maximum Gasteiger partial charge on any atom is 0.472 e. The molecule has 0 fully saturated rings. The molecule has 0 aliphatic rings. The quantitative estimate of drug-likeness (QED) is 0.0222. The Kier molecular flexibility index (Phi) is 63.7. The average molecular weight is 1350 g/mol. The summed E-state index contributed by atoms with van der Waals surface area (Å²) >= 11 is 0. The number of aliphatic hydroxyl groups is 1. The smallest absolute Gasteiger partial charge is 0.462 e. The molecule has 19 heteroatoms. The summed E-state index contributed by atoms with van der Waals surface area (Å²) in [6.45, 7) is 9.56. The number of hydrogen-bond acceptors (Lipinski definition) is 15. The summed E-state index contributed by atoms with van der Waals surface area (Å²) in [4.78, 5) is 72.7. The maximum atomic E-state index is 13.1. The normalized spacial score (nSPS) is 14.4. The van der Waals surface area contributed by atoms with Gasteiger partial charge in [-0.1, -0.05) is 324 Å². The SMILES string of the molecule is CCCCCCCCCCCCCCCC(=O)OC[C@H](COP(=O)(O)OC[C@@H](O)COP(=O)(O)OC[C@@H](COC(=O)CCCCCCCCC(C)CC)OC(=O)CCCCCCCCCCCCCCC)OC(=O)CCCCCCCCCCCCCCCC(C)C. The summed E-state index contributed by atoms with van der Waals surface area (Å²) in [6, 6.07) is 0. The summed E-state index contributed by atoms with van der Waals surface area (Å²) in [5.41, 5.74) is 0. The number of rotatable bonds is 72. The Hall–Kier alpha value is -1.94. The van der Waals surface area contributed by atoms with Crippen molar-refractivity contribution in [1.29, 1.82) is 0 Å². The van der Waals surface area contributed by atoms with Gasteiger partial charge < -0.3 is 33.8 Å². The van der Waals surface area contributed by atoms with Crippen molar-refractivity contribution < 1.29 is 80.2 Å². The molecule has 3 N–H and O–H groups in total. The molecule has 0 rings (SSSR count). The van der Waals surface area contributed by atoms with Crippen molar-refractivity contribution in [2.75, 3.05) is 39.6 Å². The number of aliphatic hydroxyl groups excluding tert-OH is 1. The fraction of sp³-hybridized carbons (Fsp3) is 0.945. The Balaban J connectivity index is 5.25. The van der Waals surface area contributed by atoms with Gasteiger partial charge in [-0.2, -0.15) is 0 Å². The van der Waals surface area contributed by atoms with E-state index < -0.39 is 97.5 Å². The molecule has 0 aliphatic heterocycles. The van der Waals surface area contributed by atoms with Crippen molar-refractivity contribution in [2.24, 2.45) is 11.8 Å². The number of unbranched alkanes of at least 4 members (excludes halogenated alkanes) is 41. The molecular weight excluding hydrogens is 1210 g/mol. The highest BCUT2D eigenvalue weighted by Crippen LogP contribution is 2.45. The summed E-state index contributed by atoms with van der Waals surface area (Å²) in [5.74, 6) is -0.601. The fourth-order valence-electron chi connectivity index (χ4n) is 11.1. The van der Waals surface area contributed by atoms with E-state index in [1.807, 2.05) is 0 Å². The van der Waals surface area contributed by atoms with Crippen molar-refractivity contribution in [1.82, 2.24) is 0 Å². The first-order valence-electron chi connectivity index (χ1n) is 38.0. The molecule has 0 amide bonds. The standard InChI is InChI=1S/C73H142O17P2/c1-7-10-12-14-16-18-20-23-28-32-36-43-49-55-70(75)83-61-68(89-72(77)58-52-46-38-34-30-26-22-25-27-31-35-41-47-53-65(4)5)63-87-91(79,80)85-59-67(74)60-86-92(81,82)88-64-69(62-84-71(76)56-50-44-40-39-42-48-54-66(6)9-3)90-73(78)57-51-45-37-33-29-24-21-19-17-15-13-11-8-2/h65-69,74H,7-64H2,1-6H3,(H,79,80)(H,81,82)/t66?,67-,68-,69-/m1/s1. The van der Waals surface area contributed by atoms with E-state index >= 15 is 0 Å². The molecule has 3 unspecified atom stereocenters. The van der Waals surface area contributed by atoms with E-state index in [1.165, 1.54) is 186 Å². The van der Waals surface area contributed by atoms with Gasteiger partial charge >= 0.3 is 39.5 Å². The predicted molar refractivity (Wildman–Crippen MR) is 372 cm³/mol. The molecule has 0 radical (unpaired) electrons. The number of esters is 4. The molecule has 0 spiro atoms. The zero-order valence-corrected chi connectivity index (χ0v) is 61.6. The lowest BCUT2D eigenvalue weighted by atomic mass is 10.00. The highest BCUT2D eigenvalue weighted by Gasteiger charge is 2.30. The maximum absolute atomic E-state index is 13.1. The number of phosphoric acid groups is 2. The van der Waals surface area contributed by atoms with Crippen LogP contribution in [0.3, 0.4) is 0 Å². The lowest BCUT2D eigenvalue weighted by molar-refractivity contribution is -0.161. The zero-order chi connectivity index (χ0) is 67.9. The van der Waals surface area contributed by atoms with Crippen LogP contribution in [-0.4, -0.2) is 96.7 Å². The van der Waals surface area contributed by atoms with Gasteiger partial charge in [0.25, 0.3) is 0 Å². The molecule has 17 nitrogen and oxygen atoms in total. The minimum atomic E-state index is -4.95. The van der Waals surface area contributed by atoms with Crippen LogP contribution in [-0.2, 0) is 65.4 Å². The topological polar surface area (TPSA) is 237 Å². The third-order valence-corrected chi connectivity index (χ3v) is 19.2. The Morgan fingerprint density at radius 3 is 0.826 bits per heavy atom. The lowest BCUT2D eigenvalue weighted by Gasteiger charge is -2.21. The summed E-state index contributed by atoms with van der Waals surface area (Å²) in [7, 11) is -9.91. The van der Waals surface area contributed by atoms with Crippen LogP contribution in [0.25, 0.3) is 0 Å².